The molecule has 0 aliphatic carbocycles. The zero-order valence-corrected chi connectivity index (χ0v) is 19.6. The molecule has 8 heteroatoms. The van der Waals surface area contributed by atoms with E-state index in [0.717, 1.165) is 22.4 Å². The first kappa shape index (κ1) is 24.7. The van der Waals surface area contributed by atoms with Crippen LogP contribution in [0.1, 0.15) is 41.0 Å². The molecule has 3 rings (SSSR count). The molecule has 0 saturated carbocycles. The lowest BCUT2D eigenvalue weighted by atomic mass is 9.95. The van der Waals surface area contributed by atoms with Crippen LogP contribution < -0.4 is 11.1 Å². The molecule has 0 radical (unpaired) electrons. The fourth-order valence-corrected chi connectivity index (χ4v) is 3.33. The second kappa shape index (κ2) is 10.3. The van der Waals surface area contributed by atoms with Crippen molar-refractivity contribution in [1.29, 1.82) is 0 Å². The van der Waals surface area contributed by atoms with Crippen LogP contribution in [0.15, 0.2) is 54.6 Å². The SMILES string of the molecule is COC(=O)[C@@H](NC(=O)c1ccc(C#Cc2ccc(-c3cc(CO)nn3C)cc2)cc1)C(C)(C)N. The number of aromatic nitrogens is 2. The molecule has 0 bridgehead atoms. The van der Waals surface area contributed by atoms with E-state index in [9.17, 15) is 14.7 Å². The summed E-state index contributed by atoms with van der Waals surface area (Å²) in [4.78, 5) is 24.6. The van der Waals surface area contributed by atoms with E-state index in [2.05, 4.69) is 22.3 Å². The Morgan fingerprint density at radius 2 is 1.68 bits per heavy atom. The Balaban J connectivity index is 1.69. The van der Waals surface area contributed by atoms with E-state index in [-0.39, 0.29) is 6.61 Å². The van der Waals surface area contributed by atoms with Gasteiger partial charge in [-0.1, -0.05) is 24.0 Å². The van der Waals surface area contributed by atoms with Crippen LogP contribution in [0, 0.1) is 11.8 Å². The fraction of sp³-hybridized carbons (Fsp3) is 0.269. The Morgan fingerprint density at radius 1 is 1.12 bits per heavy atom. The largest absolute Gasteiger partial charge is 0.467 e. The third-order valence-corrected chi connectivity index (χ3v) is 5.23. The molecule has 0 spiro atoms. The number of ether oxygens (including phenoxy) is 1. The number of carbonyl (C=O) groups excluding carboxylic acids is 2. The van der Waals surface area contributed by atoms with E-state index in [0.29, 0.717) is 11.3 Å². The van der Waals surface area contributed by atoms with Crippen molar-refractivity contribution in [2.75, 3.05) is 7.11 Å². The molecular formula is C26H28N4O4. The lowest BCUT2D eigenvalue weighted by Gasteiger charge is -2.28. The number of esters is 1. The molecule has 0 unspecified atom stereocenters. The summed E-state index contributed by atoms with van der Waals surface area (Å²) in [5.74, 6) is 5.15. The van der Waals surface area contributed by atoms with Crippen molar-refractivity contribution in [2.24, 2.45) is 12.8 Å². The van der Waals surface area contributed by atoms with Gasteiger partial charge in [0.2, 0.25) is 0 Å². The summed E-state index contributed by atoms with van der Waals surface area (Å²) in [6.07, 6.45) is 0. The van der Waals surface area contributed by atoms with Gasteiger partial charge in [-0.05, 0) is 61.9 Å². The van der Waals surface area contributed by atoms with Gasteiger partial charge >= 0.3 is 5.97 Å². The first-order valence-corrected chi connectivity index (χ1v) is 10.7. The summed E-state index contributed by atoms with van der Waals surface area (Å²) in [5, 5.41) is 16.1. The van der Waals surface area contributed by atoms with Crippen molar-refractivity contribution < 1.29 is 19.4 Å². The van der Waals surface area contributed by atoms with Crippen LogP contribution in [0.3, 0.4) is 0 Å². The zero-order valence-electron chi connectivity index (χ0n) is 19.6. The van der Waals surface area contributed by atoms with Crippen LogP contribution in [0.5, 0.6) is 0 Å². The van der Waals surface area contributed by atoms with Crippen LogP contribution >= 0.6 is 0 Å². The second-order valence-corrected chi connectivity index (χ2v) is 8.46. The molecule has 4 N–H and O–H groups in total. The highest BCUT2D eigenvalue weighted by atomic mass is 16.5. The molecule has 0 aliphatic rings. The minimum atomic E-state index is -0.985. The average molecular weight is 461 g/mol. The molecule has 3 aromatic rings. The number of benzene rings is 2. The third-order valence-electron chi connectivity index (χ3n) is 5.23. The number of aliphatic hydroxyl groups excluding tert-OH is 1. The molecule has 8 nitrogen and oxygen atoms in total. The lowest BCUT2D eigenvalue weighted by molar-refractivity contribution is -0.144. The minimum absolute atomic E-state index is 0.102. The number of aryl methyl sites for hydroxylation is 1. The molecule has 0 aliphatic heterocycles. The summed E-state index contributed by atoms with van der Waals surface area (Å²) >= 11 is 0. The van der Waals surface area contributed by atoms with Gasteiger partial charge in [-0.15, -0.1) is 0 Å². The Kier molecular flexibility index (Phi) is 7.51. The van der Waals surface area contributed by atoms with Crippen LogP contribution in [-0.4, -0.2) is 45.5 Å². The molecule has 1 amide bonds. The molecule has 1 atom stereocenters. The number of carbonyl (C=O) groups is 2. The molecular weight excluding hydrogens is 432 g/mol. The van der Waals surface area contributed by atoms with Crippen molar-refractivity contribution in [2.45, 2.75) is 32.0 Å². The average Bonchev–Trinajstić information content (AvgIpc) is 3.21. The van der Waals surface area contributed by atoms with Gasteiger partial charge in [0.05, 0.1) is 25.1 Å². The summed E-state index contributed by atoms with van der Waals surface area (Å²) in [7, 11) is 3.08. The van der Waals surface area contributed by atoms with E-state index >= 15 is 0 Å². The first-order chi connectivity index (χ1) is 16.1. The maximum absolute atomic E-state index is 12.6. The highest BCUT2D eigenvalue weighted by Gasteiger charge is 2.34. The monoisotopic (exact) mass is 460 g/mol. The van der Waals surface area contributed by atoms with E-state index in [1.54, 1.807) is 42.8 Å². The maximum atomic E-state index is 12.6. The van der Waals surface area contributed by atoms with E-state index < -0.39 is 23.5 Å². The zero-order chi connectivity index (χ0) is 24.9. The highest BCUT2D eigenvalue weighted by molar-refractivity contribution is 5.97. The Morgan fingerprint density at radius 3 is 2.15 bits per heavy atom. The number of hydrogen-bond donors (Lipinski definition) is 3. The fourth-order valence-electron chi connectivity index (χ4n) is 3.33. The first-order valence-electron chi connectivity index (χ1n) is 10.7. The standard InChI is InChI=1S/C26H28N4O4/c1-26(2,27)23(25(33)34-4)28-24(32)20-13-9-18(10-14-20)6-5-17-7-11-19(12-8-17)22-15-21(16-31)29-30(22)3/h7-15,23,31H,16,27H2,1-4H3,(H,28,32)/t23-/m1/s1. The number of aliphatic hydroxyl groups is 1. The Labute approximate surface area is 198 Å². The number of nitrogens with one attached hydrogen (secondary N) is 1. The van der Waals surface area contributed by atoms with Crippen molar-refractivity contribution in [3.8, 4) is 23.1 Å². The van der Waals surface area contributed by atoms with Crippen molar-refractivity contribution in [3.05, 3.63) is 77.0 Å². The van der Waals surface area contributed by atoms with Gasteiger partial charge in [-0.2, -0.15) is 5.10 Å². The van der Waals surface area contributed by atoms with Gasteiger partial charge in [-0.3, -0.25) is 9.48 Å². The summed E-state index contributed by atoms with van der Waals surface area (Å²) < 4.78 is 6.47. The number of nitrogens with zero attached hydrogens (tertiary/aromatic N) is 2. The summed E-state index contributed by atoms with van der Waals surface area (Å²) in [6, 6.07) is 15.4. The van der Waals surface area contributed by atoms with E-state index in [4.69, 9.17) is 10.5 Å². The van der Waals surface area contributed by atoms with Gasteiger partial charge in [0.1, 0.15) is 6.04 Å². The van der Waals surface area contributed by atoms with Crippen LogP contribution in [0.2, 0.25) is 0 Å². The number of hydrogen-bond acceptors (Lipinski definition) is 6. The van der Waals surface area contributed by atoms with Crippen LogP contribution in [0.4, 0.5) is 0 Å². The number of methoxy groups -OCH3 is 1. The van der Waals surface area contributed by atoms with Crippen LogP contribution in [0.25, 0.3) is 11.3 Å². The number of rotatable bonds is 6. The molecule has 1 heterocycles. The molecule has 1 aromatic heterocycles. The molecule has 2 aromatic carbocycles. The van der Waals surface area contributed by atoms with Gasteiger partial charge in [0.25, 0.3) is 5.91 Å². The smallest absolute Gasteiger partial charge is 0.330 e. The molecule has 34 heavy (non-hydrogen) atoms. The predicted molar refractivity (Wildman–Crippen MR) is 129 cm³/mol. The topological polar surface area (TPSA) is 119 Å². The summed E-state index contributed by atoms with van der Waals surface area (Å²) in [5.41, 5.74) is 9.48. The maximum Gasteiger partial charge on any atom is 0.330 e. The second-order valence-electron chi connectivity index (χ2n) is 8.46. The molecule has 0 fully saturated rings. The van der Waals surface area contributed by atoms with Crippen molar-refractivity contribution in [1.82, 2.24) is 15.1 Å². The van der Waals surface area contributed by atoms with Gasteiger partial charge in [0.15, 0.2) is 0 Å². The van der Waals surface area contributed by atoms with Gasteiger partial charge in [-0.25, -0.2) is 4.79 Å². The Bertz CT molecular complexity index is 1230. The number of amides is 1. The quantitative estimate of drug-likeness (QED) is 0.382. The predicted octanol–water partition coefficient (Wildman–Crippen LogP) is 1.99. The lowest BCUT2D eigenvalue weighted by Crippen LogP contribution is -2.59. The molecule has 0 saturated heterocycles. The Hall–Kier alpha value is -3.93. The van der Waals surface area contributed by atoms with Crippen molar-refractivity contribution >= 4 is 11.9 Å². The highest BCUT2D eigenvalue weighted by Crippen LogP contribution is 2.20. The number of nitrogens with two attached hydrogens (primary N) is 1. The molecule has 176 valence electrons. The van der Waals surface area contributed by atoms with Crippen LogP contribution in [-0.2, 0) is 23.2 Å². The minimum Gasteiger partial charge on any atom is -0.467 e. The normalized spacial score (nSPS) is 11.8. The third kappa shape index (κ3) is 5.90. The summed E-state index contributed by atoms with van der Waals surface area (Å²) in [6.45, 7) is 3.18. The van der Waals surface area contributed by atoms with Gasteiger partial charge < -0.3 is 20.9 Å². The van der Waals surface area contributed by atoms with Crippen molar-refractivity contribution in [3.63, 3.8) is 0 Å². The van der Waals surface area contributed by atoms with E-state index in [1.165, 1.54) is 7.11 Å². The van der Waals surface area contributed by atoms with E-state index in [1.807, 2.05) is 37.4 Å². The van der Waals surface area contributed by atoms with Gasteiger partial charge in [0, 0.05) is 29.3 Å².